The lowest BCUT2D eigenvalue weighted by Gasteiger charge is -2.10. The highest BCUT2D eigenvalue weighted by molar-refractivity contribution is 7.90. The average Bonchev–Trinajstić information content (AvgIpc) is 3.28. The Bertz CT molecular complexity index is 1410. The topological polar surface area (TPSA) is 116 Å². The summed E-state index contributed by atoms with van der Waals surface area (Å²) < 4.78 is 30.9. The Hall–Kier alpha value is -3.76. The summed E-state index contributed by atoms with van der Waals surface area (Å²) in [7, 11) is -3.49. The van der Waals surface area contributed by atoms with Gasteiger partial charge in [-0.3, -0.25) is 9.78 Å². The summed E-state index contributed by atoms with van der Waals surface area (Å²) in [5.74, 6) is 0.392. The molecule has 0 aliphatic carbocycles. The number of sulfone groups is 1. The molecule has 0 saturated heterocycles. The van der Waals surface area contributed by atoms with Crippen LogP contribution in [0.5, 0.6) is 5.75 Å². The highest BCUT2D eigenvalue weighted by Gasteiger charge is 2.15. The van der Waals surface area contributed by atoms with Gasteiger partial charge in [-0.1, -0.05) is 17.7 Å². The van der Waals surface area contributed by atoms with Crippen LogP contribution in [0.1, 0.15) is 15.9 Å². The zero-order chi connectivity index (χ0) is 23.4. The first-order valence-electron chi connectivity index (χ1n) is 9.63. The van der Waals surface area contributed by atoms with Crippen molar-refractivity contribution in [1.29, 1.82) is 0 Å². The van der Waals surface area contributed by atoms with Crippen molar-refractivity contribution in [1.82, 2.24) is 19.7 Å². The molecule has 4 aromatic rings. The molecule has 0 unspecified atom stereocenters. The number of hydrogen-bond donors (Lipinski definition) is 1. The minimum absolute atomic E-state index is 0.00453. The summed E-state index contributed by atoms with van der Waals surface area (Å²) >= 11 is 6.00. The number of benzene rings is 1. The number of amides is 1. The first-order valence-corrected chi connectivity index (χ1v) is 11.9. The van der Waals surface area contributed by atoms with Crippen molar-refractivity contribution < 1.29 is 17.9 Å². The quantitative estimate of drug-likeness (QED) is 0.427. The number of nitrogens with zero attached hydrogens (tertiary/aromatic N) is 4. The van der Waals surface area contributed by atoms with Crippen LogP contribution < -0.4 is 10.1 Å². The van der Waals surface area contributed by atoms with Crippen molar-refractivity contribution >= 4 is 33.0 Å². The van der Waals surface area contributed by atoms with E-state index in [2.05, 4.69) is 20.4 Å². The molecular weight excluding hydrogens is 466 g/mol. The number of halogens is 1. The molecule has 1 amide bonds. The van der Waals surface area contributed by atoms with Gasteiger partial charge < -0.3 is 10.1 Å². The lowest BCUT2D eigenvalue weighted by Crippen LogP contribution is -2.12. The van der Waals surface area contributed by atoms with E-state index in [1.165, 1.54) is 35.3 Å². The van der Waals surface area contributed by atoms with Gasteiger partial charge in [0.25, 0.3) is 5.91 Å². The van der Waals surface area contributed by atoms with E-state index in [1.54, 1.807) is 30.7 Å². The van der Waals surface area contributed by atoms with E-state index in [-0.39, 0.29) is 21.2 Å². The lowest BCUT2D eigenvalue weighted by molar-refractivity contribution is 0.102. The summed E-state index contributed by atoms with van der Waals surface area (Å²) in [5.41, 5.74) is 1.38. The van der Waals surface area contributed by atoms with Crippen molar-refractivity contribution in [2.75, 3.05) is 11.6 Å². The minimum atomic E-state index is -3.49. The molecule has 9 nitrogen and oxygen atoms in total. The molecule has 0 saturated carbocycles. The normalized spacial score (nSPS) is 11.2. The molecule has 0 aliphatic rings. The molecule has 0 spiro atoms. The highest BCUT2D eigenvalue weighted by Crippen LogP contribution is 2.24. The van der Waals surface area contributed by atoms with Crippen molar-refractivity contribution in [3.63, 3.8) is 0 Å². The number of pyridine rings is 2. The van der Waals surface area contributed by atoms with Crippen molar-refractivity contribution in [2.24, 2.45) is 0 Å². The van der Waals surface area contributed by atoms with E-state index in [9.17, 15) is 13.2 Å². The van der Waals surface area contributed by atoms with E-state index < -0.39 is 15.7 Å². The van der Waals surface area contributed by atoms with Crippen LogP contribution in [0.3, 0.4) is 0 Å². The average molecular weight is 484 g/mol. The van der Waals surface area contributed by atoms with Crippen LogP contribution in [-0.4, -0.2) is 40.3 Å². The lowest BCUT2D eigenvalue weighted by atomic mass is 10.3. The summed E-state index contributed by atoms with van der Waals surface area (Å²) in [6.07, 6.45) is 8.91. The molecule has 3 aromatic heterocycles. The Kier molecular flexibility index (Phi) is 6.38. The van der Waals surface area contributed by atoms with Crippen LogP contribution in [0.15, 0.2) is 78.3 Å². The van der Waals surface area contributed by atoms with Gasteiger partial charge >= 0.3 is 0 Å². The Morgan fingerprint density at radius 3 is 2.73 bits per heavy atom. The van der Waals surface area contributed by atoms with E-state index in [0.717, 1.165) is 11.8 Å². The van der Waals surface area contributed by atoms with Crippen molar-refractivity contribution in [2.45, 2.75) is 11.5 Å². The number of rotatable bonds is 7. The predicted octanol–water partition coefficient (Wildman–Crippen LogP) is 3.55. The molecule has 11 heteroatoms. The molecule has 1 aromatic carbocycles. The number of hydrogen-bond acceptors (Lipinski definition) is 7. The van der Waals surface area contributed by atoms with Crippen LogP contribution in [0.25, 0.3) is 5.82 Å². The Balaban J connectivity index is 1.53. The van der Waals surface area contributed by atoms with Gasteiger partial charge in [0.1, 0.15) is 6.61 Å². The smallest absolute Gasteiger partial charge is 0.258 e. The number of anilines is 1. The third-order valence-electron chi connectivity index (χ3n) is 4.49. The number of ether oxygens (including phenoxy) is 1. The second kappa shape index (κ2) is 9.39. The molecule has 33 heavy (non-hydrogen) atoms. The van der Waals surface area contributed by atoms with E-state index >= 15 is 0 Å². The summed E-state index contributed by atoms with van der Waals surface area (Å²) in [6.45, 7) is 0.290. The molecule has 0 fully saturated rings. The standard InChI is InChI=1S/C22H18ClN5O4S/c1-33(30,31)19-9-17(23)8-18(10-19)27-22(29)16-12-26-28(13-16)21-20(5-3-7-25-21)32-14-15-4-2-6-24-11-15/h2-13H,14H2,1H3,(H,27,29). The van der Waals surface area contributed by atoms with Gasteiger partial charge in [0.2, 0.25) is 0 Å². The third-order valence-corrected chi connectivity index (χ3v) is 5.80. The Morgan fingerprint density at radius 1 is 1.15 bits per heavy atom. The molecule has 4 rings (SSSR count). The van der Waals surface area contributed by atoms with Crippen LogP contribution in [-0.2, 0) is 16.4 Å². The maximum atomic E-state index is 12.7. The zero-order valence-electron chi connectivity index (χ0n) is 17.3. The summed E-state index contributed by atoms with van der Waals surface area (Å²) in [4.78, 5) is 21.1. The fourth-order valence-electron chi connectivity index (χ4n) is 2.92. The van der Waals surface area contributed by atoms with Crippen LogP contribution in [0.2, 0.25) is 5.02 Å². The van der Waals surface area contributed by atoms with E-state index in [4.69, 9.17) is 16.3 Å². The maximum absolute atomic E-state index is 12.7. The van der Waals surface area contributed by atoms with Gasteiger partial charge in [-0.15, -0.1) is 0 Å². The molecular formula is C22H18ClN5O4S. The van der Waals surface area contributed by atoms with Gasteiger partial charge in [0, 0.05) is 47.3 Å². The largest absolute Gasteiger partial charge is 0.485 e. The molecule has 3 heterocycles. The SMILES string of the molecule is CS(=O)(=O)c1cc(Cl)cc(NC(=O)c2cnn(-c3ncccc3OCc3cccnc3)c2)c1. The Labute approximate surface area is 194 Å². The number of nitrogens with one attached hydrogen (secondary N) is 1. The van der Waals surface area contributed by atoms with Crippen molar-refractivity contribution in [3.8, 4) is 11.6 Å². The molecule has 0 radical (unpaired) electrons. The van der Waals surface area contributed by atoms with Crippen LogP contribution in [0, 0.1) is 0 Å². The second-order valence-corrected chi connectivity index (χ2v) is 9.50. The van der Waals surface area contributed by atoms with Gasteiger partial charge in [-0.25, -0.2) is 18.1 Å². The molecule has 1 N–H and O–H groups in total. The predicted molar refractivity (Wildman–Crippen MR) is 122 cm³/mol. The molecule has 168 valence electrons. The van der Waals surface area contributed by atoms with Gasteiger partial charge in [-0.2, -0.15) is 5.10 Å². The number of aromatic nitrogens is 4. The summed E-state index contributed by atoms with van der Waals surface area (Å²) in [6, 6.07) is 11.3. The van der Waals surface area contributed by atoms with E-state index in [1.807, 2.05) is 12.1 Å². The first-order chi connectivity index (χ1) is 15.8. The maximum Gasteiger partial charge on any atom is 0.258 e. The van der Waals surface area contributed by atoms with Crippen LogP contribution in [0.4, 0.5) is 5.69 Å². The van der Waals surface area contributed by atoms with Gasteiger partial charge in [0.05, 0.1) is 16.7 Å². The monoisotopic (exact) mass is 483 g/mol. The zero-order valence-corrected chi connectivity index (χ0v) is 18.9. The molecule has 0 bridgehead atoms. The second-order valence-electron chi connectivity index (χ2n) is 7.05. The van der Waals surface area contributed by atoms with E-state index in [0.29, 0.717) is 18.2 Å². The highest BCUT2D eigenvalue weighted by atomic mass is 35.5. The minimum Gasteiger partial charge on any atom is -0.485 e. The Morgan fingerprint density at radius 2 is 1.97 bits per heavy atom. The van der Waals surface area contributed by atoms with Gasteiger partial charge in [0.15, 0.2) is 21.4 Å². The molecule has 0 atom stereocenters. The first kappa shape index (κ1) is 22.4. The number of carbonyl (C=O) groups is 1. The van der Waals surface area contributed by atoms with Crippen molar-refractivity contribution in [3.05, 3.63) is 89.6 Å². The number of carbonyl (C=O) groups excluding carboxylic acids is 1. The fourth-order valence-corrected chi connectivity index (χ4v) is 3.90. The van der Waals surface area contributed by atoms with Crippen LogP contribution >= 0.6 is 11.6 Å². The molecule has 0 aliphatic heterocycles. The summed E-state index contributed by atoms with van der Waals surface area (Å²) in [5, 5.41) is 7.04. The fraction of sp³-hybridized carbons (Fsp3) is 0.0909. The third kappa shape index (κ3) is 5.54. The van der Waals surface area contributed by atoms with Gasteiger partial charge in [-0.05, 0) is 36.4 Å².